The fourth-order valence-corrected chi connectivity index (χ4v) is 2.70. The van der Waals surface area contributed by atoms with Gasteiger partial charge in [-0.05, 0) is 49.6 Å². The molecule has 0 atom stereocenters. The quantitative estimate of drug-likeness (QED) is 0.743. The van der Waals surface area contributed by atoms with Crippen LogP contribution in [0.15, 0.2) is 40.9 Å². The van der Waals surface area contributed by atoms with Gasteiger partial charge in [0.1, 0.15) is 0 Å². The molecule has 0 amide bonds. The maximum atomic E-state index is 12.5. The van der Waals surface area contributed by atoms with E-state index in [1.54, 1.807) is 0 Å². The molecule has 0 saturated carbocycles. The van der Waals surface area contributed by atoms with E-state index in [1.165, 1.54) is 11.1 Å². The Balaban J connectivity index is 2.34. The summed E-state index contributed by atoms with van der Waals surface area (Å²) in [6, 6.07) is 12.0. The molecule has 2 aromatic carbocycles. The van der Waals surface area contributed by atoms with Crippen molar-refractivity contribution >= 4 is 21.7 Å². The van der Waals surface area contributed by atoms with Crippen molar-refractivity contribution in [1.82, 2.24) is 0 Å². The van der Waals surface area contributed by atoms with E-state index in [2.05, 4.69) is 41.9 Å². The molecule has 98 valence electrons. The normalized spacial score (nSPS) is 10.5. The second-order valence-corrected chi connectivity index (χ2v) is 5.81. The van der Waals surface area contributed by atoms with Gasteiger partial charge in [0.15, 0.2) is 5.78 Å². The van der Waals surface area contributed by atoms with E-state index < -0.39 is 0 Å². The van der Waals surface area contributed by atoms with E-state index >= 15 is 0 Å². The van der Waals surface area contributed by atoms with E-state index in [1.807, 2.05) is 31.2 Å². The Morgan fingerprint density at radius 3 is 2.32 bits per heavy atom. The molecule has 0 saturated heterocycles. The largest absolute Gasteiger partial charge is 0.294 e. The third-order valence-electron chi connectivity index (χ3n) is 3.40. The predicted molar refractivity (Wildman–Crippen MR) is 82.8 cm³/mol. The molecule has 0 bridgehead atoms. The van der Waals surface area contributed by atoms with Crippen LogP contribution in [-0.2, 0) is 6.42 Å². The van der Waals surface area contributed by atoms with E-state index in [9.17, 15) is 4.79 Å². The number of benzene rings is 2. The van der Waals surface area contributed by atoms with E-state index in [0.29, 0.717) is 6.42 Å². The molecule has 0 fully saturated rings. The Morgan fingerprint density at radius 1 is 1.05 bits per heavy atom. The van der Waals surface area contributed by atoms with Crippen molar-refractivity contribution in [3.05, 3.63) is 68.7 Å². The van der Waals surface area contributed by atoms with Crippen molar-refractivity contribution in [2.75, 3.05) is 0 Å². The summed E-state index contributed by atoms with van der Waals surface area (Å²) in [4.78, 5) is 12.5. The average molecular weight is 317 g/mol. The Kier molecular flexibility index (Phi) is 4.20. The van der Waals surface area contributed by atoms with Crippen LogP contribution in [0.1, 0.15) is 32.6 Å². The third kappa shape index (κ3) is 3.13. The fourth-order valence-electron chi connectivity index (χ4n) is 2.24. The minimum Gasteiger partial charge on any atom is -0.294 e. The van der Waals surface area contributed by atoms with Gasteiger partial charge in [-0.3, -0.25) is 4.79 Å². The van der Waals surface area contributed by atoms with Crippen molar-refractivity contribution in [1.29, 1.82) is 0 Å². The van der Waals surface area contributed by atoms with Crippen molar-refractivity contribution < 1.29 is 4.79 Å². The molecule has 0 aliphatic rings. The average Bonchev–Trinajstić information content (AvgIpc) is 2.37. The number of carbonyl (C=O) groups is 1. The summed E-state index contributed by atoms with van der Waals surface area (Å²) in [6.07, 6.45) is 0.459. The van der Waals surface area contributed by atoms with Crippen LogP contribution in [0.2, 0.25) is 0 Å². The van der Waals surface area contributed by atoms with Crippen LogP contribution in [0.4, 0.5) is 0 Å². The lowest BCUT2D eigenvalue weighted by molar-refractivity contribution is 0.0991. The van der Waals surface area contributed by atoms with Gasteiger partial charge in [0, 0.05) is 16.5 Å². The highest BCUT2D eigenvalue weighted by molar-refractivity contribution is 9.10. The zero-order valence-electron chi connectivity index (χ0n) is 11.5. The molecule has 2 rings (SSSR count). The summed E-state index contributed by atoms with van der Waals surface area (Å²) in [7, 11) is 0. The van der Waals surface area contributed by atoms with Gasteiger partial charge >= 0.3 is 0 Å². The molecule has 0 heterocycles. The van der Waals surface area contributed by atoms with Crippen LogP contribution in [0.25, 0.3) is 0 Å². The summed E-state index contributed by atoms with van der Waals surface area (Å²) in [6.45, 7) is 6.12. The van der Waals surface area contributed by atoms with Gasteiger partial charge in [0.25, 0.3) is 0 Å². The molecule has 0 radical (unpaired) electrons. The summed E-state index contributed by atoms with van der Waals surface area (Å²) in [5, 5.41) is 0. The first-order valence-corrected chi connectivity index (χ1v) is 7.13. The first-order chi connectivity index (χ1) is 8.99. The van der Waals surface area contributed by atoms with E-state index in [-0.39, 0.29) is 5.78 Å². The van der Waals surface area contributed by atoms with Gasteiger partial charge in [0.05, 0.1) is 0 Å². The number of hydrogen-bond acceptors (Lipinski definition) is 1. The van der Waals surface area contributed by atoms with Crippen molar-refractivity contribution in [3.8, 4) is 0 Å². The predicted octanol–water partition coefficient (Wildman–Crippen LogP) is 4.80. The van der Waals surface area contributed by atoms with Gasteiger partial charge in [0.2, 0.25) is 0 Å². The van der Waals surface area contributed by atoms with Gasteiger partial charge in [-0.15, -0.1) is 0 Å². The van der Waals surface area contributed by atoms with Gasteiger partial charge in [-0.25, -0.2) is 0 Å². The number of rotatable bonds is 3. The summed E-state index contributed by atoms with van der Waals surface area (Å²) in [5.74, 6) is 0.160. The fraction of sp³-hybridized carbons (Fsp3) is 0.235. The lowest BCUT2D eigenvalue weighted by atomic mass is 9.95. The molecule has 2 aromatic rings. The van der Waals surface area contributed by atoms with Crippen molar-refractivity contribution in [2.45, 2.75) is 27.2 Å². The zero-order valence-corrected chi connectivity index (χ0v) is 13.0. The minimum absolute atomic E-state index is 0.160. The van der Waals surface area contributed by atoms with E-state index in [0.717, 1.165) is 21.2 Å². The lowest BCUT2D eigenvalue weighted by Gasteiger charge is -2.10. The monoisotopic (exact) mass is 316 g/mol. The van der Waals surface area contributed by atoms with Crippen molar-refractivity contribution in [3.63, 3.8) is 0 Å². The van der Waals surface area contributed by atoms with Gasteiger partial charge in [-0.2, -0.15) is 0 Å². The molecule has 0 N–H and O–H groups in total. The Labute approximate surface area is 122 Å². The number of carbonyl (C=O) groups excluding carboxylic acids is 1. The molecule has 0 aliphatic heterocycles. The SMILES string of the molecule is Cc1ccc(Br)c(C(=O)Cc2c(C)cccc2C)c1. The molecule has 0 aliphatic carbocycles. The standard InChI is InChI=1S/C17H17BrO/c1-11-7-8-16(18)15(9-11)17(19)10-14-12(2)5-4-6-13(14)3/h4-9H,10H2,1-3H3. The highest BCUT2D eigenvalue weighted by atomic mass is 79.9. The zero-order chi connectivity index (χ0) is 14.0. The molecule has 19 heavy (non-hydrogen) atoms. The number of halogens is 1. The molecule has 0 spiro atoms. The molecule has 0 aromatic heterocycles. The molecular weight excluding hydrogens is 300 g/mol. The van der Waals surface area contributed by atoms with Crippen LogP contribution in [0.5, 0.6) is 0 Å². The summed E-state index contributed by atoms with van der Waals surface area (Å²) >= 11 is 3.46. The number of ketones is 1. The first-order valence-electron chi connectivity index (χ1n) is 6.33. The van der Waals surface area contributed by atoms with Gasteiger partial charge in [-0.1, -0.05) is 45.8 Å². The molecule has 1 nitrogen and oxygen atoms in total. The maximum Gasteiger partial charge on any atom is 0.168 e. The maximum absolute atomic E-state index is 12.5. The van der Waals surface area contributed by atoms with Crippen LogP contribution in [0, 0.1) is 20.8 Å². The van der Waals surface area contributed by atoms with Crippen molar-refractivity contribution in [2.24, 2.45) is 0 Å². The minimum atomic E-state index is 0.160. The Hall–Kier alpha value is -1.41. The summed E-state index contributed by atoms with van der Waals surface area (Å²) < 4.78 is 0.870. The Morgan fingerprint density at radius 2 is 1.68 bits per heavy atom. The highest BCUT2D eigenvalue weighted by Gasteiger charge is 2.13. The van der Waals surface area contributed by atoms with E-state index in [4.69, 9.17) is 0 Å². The number of aryl methyl sites for hydroxylation is 3. The number of Topliss-reactive ketones (excluding diaryl/α,β-unsaturated/α-hetero) is 1. The second kappa shape index (κ2) is 5.70. The smallest absolute Gasteiger partial charge is 0.168 e. The Bertz CT molecular complexity index is 609. The van der Waals surface area contributed by atoms with Crippen LogP contribution < -0.4 is 0 Å². The molecule has 2 heteroatoms. The first kappa shape index (κ1) is 14.0. The van der Waals surface area contributed by atoms with Crippen LogP contribution in [-0.4, -0.2) is 5.78 Å². The van der Waals surface area contributed by atoms with Crippen LogP contribution >= 0.6 is 15.9 Å². The topological polar surface area (TPSA) is 17.1 Å². The highest BCUT2D eigenvalue weighted by Crippen LogP contribution is 2.22. The number of hydrogen-bond donors (Lipinski definition) is 0. The molecular formula is C17H17BrO. The summed E-state index contributed by atoms with van der Waals surface area (Å²) in [5.41, 5.74) is 5.37. The third-order valence-corrected chi connectivity index (χ3v) is 4.10. The van der Waals surface area contributed by atoms with Gasteiger partial charge < -0.3 is 0 Å². The lowest BCUT2D eigenvalue weighted by Crippen LogP contribution is -2.07. The second-order valence-electron chi connectivity index (χ2n) is 4.95. The molecule has 0 unspecified atom stereocenters. The van der Waals surface area contributed by atoms with Crippen LogP contribution in [0.3, 0.4) is 0 Å².